The molecule has 3 aromatic rings. The second-order valence-electron chi connectivity index (χ2n) is 9.76. The highest BCUT2D eigenvalue weighted by molar-refractivity contribution is 5.65. The molecule has 34 heavy (non-hydrogen) atoms. The summed E-state index contributed by atoms with van der Waals surface area (Å²) in [5.41, 5.74) is 3.84. The molecule has 0 saturated carbocycles. The van der Waals surface area contributed by atoms with Crippen LogP contribution in [0.25, 0.3) is 11.1 Å². The average molecular weight is 458 g/mol. The zero-order valence-electron chi connectivity index (χ0n) is 19.9. The molecule has 2 aliphatic rings. The Morgan fingerprint density at radius 2 is 1.41 bits per heavy atom. The summed E-state index contributed by atoms with van der Waals surface area (Å²) in [6.07, 6.45) is 2.40. The van der Waals surface area contributed by atoms with Gasteiger partial charge in [0.2, 0.25) is 0 Å². The number of nitrogens with zero attached hydrogens (tertiary/aromatic N) is 1. The van der Waals surface area contributed by atoms with Gasteiger partial charge in [0.1, 0.15) is 12.4 Å². The standard InChI is InChI=1S/C30H35NO3/c1-2-6-27-30(28(32)17-19-31(27)20-18-29(30)33)25-13-9-23(10-14-25)24-11-15-26(16-12-24)34-21-22-7-4-3-5-8-22/h3-5,7-16,27-29,32-33H,2,6,17-21H2,1H3. The van der Waals surface area contributed by atoms with Crippen molar-refractivity contribution in [3.05, 3.63) is 90.0 Å². The van der Waals surface area contributed by atoms with E-state index in [1.54, 1.807) is 0 Å². The van der Waals surface area contributed by atoms with Crippen LogP contribution in [0, 0.1) is 0 Å². The van der Waals surface area contributed by atoms with Crippen LogP contribution in [0.15, 0.2) is 78.9 Å². The molecule has 0 aliphatic carbocycles. The van der Waals surface area contributed by atoms with Gasteiger partial charge in [-0.3, -0.25) is 4.90 Å². The van der Waals surface area contributed by atoms with Crippen LogP contribution >= 0.6 is 0 Å². The van der Waals surface area contributed by atoms with Crippen LogP contribution < -0.4 is 4.74 Å². The molecule has 5 rings (SSSR count). The van der Waals surface area contributed by atoms with Crippen molar-refractivity contribution in [2.45, 2.75) is 62.9 Å². The number of aliphatic hydroxyl groups is 2. The molecule has 2 fully saturated rings. The normalized spacial score (nSPS) is 28.4. The van der Waals surface area contributed by atoms with E-state index in [0.29, 0.717) is 19.4 Å². The minimum absolute atomic E-state index is 0.178. The molecule has 2 saturated heterocycles. The zero-order chi connectivity index (χ0) is 23.5. The SMILES string of the molecule is CCCC1N2CCC(O)C1(c1ccc(-c3ccc(OCc4ccccc4)cc3)cc1)C(O)CC2. The minimum Gasteiger partial charge on any atom is -0.489 e. The molecule has 3 unspecified atom stereocenters. The van der Waals surface area contributed by atoms with Crippen LogP contribution in [0.3, 0.4) is 0 Å². The Labute approximate surface area is 202 Å². The van der Waals surface area contributed by atoms with Gasteiger partial charge in [0, 0.05) is 19.1 Å². The van der Waals surface area contributed by atoms with E-state index in [-0.39, 0.29) is 6.04 Å². The van der Waals surface area contributed by atoms with Gasteiger partial charge < -0.3 is 14.9 Å². The molecule has 0 aromatic heterocycles. The number of piperidine rings is 2. The van der Waals surface area contributed by atoms with E-state index < -0.39 is 17.6 Å². The molecule has 178 valence electrons. The summed E-state index contributed by atoms with van der Waals surface area (Å²) in [5.74, 6) is 0.848. The predicted octanol–water partition coefficient (Wildman–Crippen LogP) is 5.17. The summed E-state index contributed by atoms with van der Waals surface area (Å²) in [5, 5.41) is 22.5. The van der Waals surface area contributed by atoms with Gasteiger partial charge in [0.25, 0.3) is 0 Å². The zero-order valence-corrected chi connectivity index (χ0v) is 19.9. The maximum absolute atomic E-state index is 11.2. The highest BCUT2D eigenvalue weighted by atomic mass is 16.5. The topological polar surface area (TPSA) is 52.9 Å². The van der Waals surface area contributed by atoms with Crippen LogP contribution in [0.4, 0.5) is 0 Å². The molecule has 2 aliphatic heterocycles. The van der Waals surface area contributed by atoms with Gasteiger partial charge >= 0.3 is 0 Å². The monoisotopic (exact) mass is 457 g/mol. The maximum atomic E-state index is 11.2. The molecule has 4 heteroatoms. The summed E-state index contributed by atoms with van der Waals surface area (Å²) >= 11 is 0. The Bertz CT molecular complexity index is 1050. The lowest BCUT2D eigenvalue weighted by Gasteiger charge is -2.59. The average Bonchev–Trinajstić information content (AvgIpc) is 2.88. The van der Waals surface area contributed by atoms with Crippen molar-refractivity contribution in [3.8, 4) is 16.9 Å². The molecule has 2 heterocycles. The summed E-state index contributed by atoms with van der Waals surface area (Å²) in [6, 6.07) is 27.0. The Kier molecular flexibility index (Phi) is 6.73. The van der Waals surface area contributed by atoms with E-state index in [4.69, 9.17) is 4.74 Å². The number of fused-ring (bicyclic) bond motifs is 2. The van der Waals surface area contributed by atoms with Crippen LogP contribution in [0.2, 0.25) is 0 Å². The van der Waals surface area contributed by atoms with Crippen molar-refractivity contribution in [1.29, 1.82) is 0 Å². The van der Waals surface area contributed by atoms with E-state index in [0.717, 1.165) is 53.9 Å². The lowest BCUT2D eigenvalue weighted by molar-refractivity contribution is -0.134. The first-order valence-corrected chi connectivity index (χ1v) is 12.6. The third kappa shape index (κ3) is 4.15. The molecule has 4 nitrogen and oxygen atoms in total. The largest absolute Gasteiger partial charge is 0.489 e. The third-order valence-corrected chi connectivity index (χ3v) is 7.86. The summed E-state index contributed by atoms with van der Waals surface area (Å²) < 4.78 is 5.92. The maximum Gasteiger partial charge on any atom is 0.119 e. The lowest BCUT2D eigenvalue weighted by atomic mass is 9.59. The molecule has 3 atom stereocenters. The van der Waals surface area contributed by atoms with Crippen molar-refractivity contribution in [2.75, 3.05) is 13.1 Å². The smallest absolute Gasteiger partial charge is 0.119 e. The lowest BCUT2D eigenvalue weighted by Crippen LogP contribution is -2.70. The number of ether oxygens (including phenoxy) is 1. The molecule has 0 spiro atoms. The van der Waals surface area contributed by atoms with Crippen LogP contribution in [0.1, 0.15) is 43.7 Å². The Balaban J connectivity index is 1.36. The van der Waals surface area contributed by atoms with Crippen LogP contribution in [-0.4, -0.2) is 46.5 Å². The molecular formula is C30H35NO3. The fraction of sp³-hybridized carbons (Fsp3) is 0.400. The Morgan fingerprint density at radius 3 is 2.00 bits per heavy atom. The minimum atomic E-state index is -0.611. The first kappa shape index (κ1) is 23.1. The Hall–Kier alpha value is -2.66. The van der Waals surface area contributed by atoms with E-state index >= 15 is 0 Å². The summed E-state index contributed by atoms with van der Waals surface area (Å²) in [6.45, 7) is 4.57. The quantitative estimate of drug-likeness (QED) is 0.514. The predicted molar refractivity (Wildman–Crippen MR) is 136 cm³/mol. The molecule has 2 N–H and O–H groups in total. The molecule has 2 bridgehead atoms. The second kappa shape index (κ2) is 9.91. The van der Waals surface area contributed by atoms with Gasteiger partial charge in [-0.25, -0.2) is 0 Å². The molecule has 0 amide bonds. The number of benzene rings is 3. The number of hydrogen-bond acceptors (Lipinski definition) is 4. The van der Waals surface area contributed by atoms with Crippen LogP contribution in [0.5, 0.6) is 5.75 Å². The molecule has 3 aromatic carbocycles. The fourth-order valence-electron chi connectivity index (χ4n) is 6.15. The number of rotatable bonds is 7. The highest BCUT2D eigenvalue weighted by Crippen LogP contribution is 2.48. The van der Waals surface area contributed by atoms with Crippen molar-refractivity contribution < 1.29 is 14.9 Å². The van der Waals surface area contributed by atoms with Gasteiger partial charge in [0.05, 0.1) is 17.6 Å². The van der Waals surface area contributed by atoms with Gasteiger partial charge in [-0.15, -0.1) is 0 Å². The molecule has 0 radical (unpaired) electrons. The van der Waals surface area contributed by atoms with Crippen molar-refractivity contribution in [3.63, 3.8) is 0 Å². The molecular weight excluding hydrogens is 422 g/mol. The highest BCUT2D eigenvalue weighted by Gasteiger charge is 2.57. The summed E-state index contributed by atoms with van der Waals surface area (Å²) in [4.78, 5) is 2.49. The van der Waals surface area contributed by atoms with Gasteiger partial charge in [-0.1, -0.05) is 80.1 Å². The van der Waals surface area contributed by atoms with E-state index in [1.165, 1.54) is 0 Å². The second-order valence-corrected chi connectivity index (χ2v) is 9.76. The van der Waals surface area contributed by atoms with E-state index in [1.807, 2.05) is 30.3 Å². The first-order valence-electron chi connectivity index (χ1n) is 12.6. The first-order chi connectivity index (χ1) is 16.6. The Morgan fingerprint density at radius 1 is 0.824 bits per heavy atom. The van der Waals surface area contributed by atoms with Crippen molar-refractivity contribution >= 4 is 0 Å². The van der Waals surface area contributed by atoms with Crippen LogP contribution in [-0.2, 0) is 12.0 Å². The number of aliphatic hydroxyl groups excluding tert-OH is 2. The summed E-state index contributed by atoms with van der Waals surface area (Å²) in [7, 11) is 0. The van der Waals surface area contributed by atoms with Crippen molar-refractivity contribution in [2.24, 2.45) is 0 Å². The fourth-order valence-corrected chi connectivity index (χ4v) is 6.15. The van der Waals surface area contributed by atoms with Gasteiger partial charge in [-0.2, -0.15) is 0 Å². The van der Waals surface area contributed by atoms with E-state index in [2.05, 4.69) is 60.4 Å². The van der Waals surface area contributed by atoms with E-state index in [9.17, 15) is 10.2 Å². The van der Waals surface area contributed by atoms with Gasteiger partial charge in [-0.05, 0) is 53.6 Å². The third-order valence-electron chi connectivity index (χ3n) is 7.86. The van der Waals surface area contributed by atoms with Gasteiger partial charge in [0.15, 0.2) is 0 Å². The van der Waals surface area contributed by atoms with Crippen molar-refractivity contribution in [1.82, 2.24) is 4.90 Å². The number of hydrogen-bond donors (Lipinski definition) is 2.